The Balaban J connectivity index is 1.71. The van der Waals surface area contributed by atoms with Gasteiger partial charge < -0.3 is 10.6 Å². The molecule has 2 aromatic carbocycles. The molecule has 1 fully saturated rings. The normalized spacial score (nSPS) is 19.8. The SMILES string of the molecule is O=C(NCC(F)(F)F)c1cccc(NC(=O)[C@H]2[C@H](c3cc(Cl)cc(Cl)c3)C2(Cl)Cl)c1. The van der Waals surface area contributed by atoms with E-state index in [0.717, 1.165) is 0 Å². The van der Waals surface area contributed by atoms with E-state index in [4.69, 9.17) is 46.4 Å². The maximum absolute atomic E-state index is 12.7. The van der Waals surface area contributed by atoms with Crippen LogP contribution in [0.15, 0.2) is 42.5 Å². The molecule has 160 valence electrons. The summed E-state index contributed by atoms with van der Waals surface area (Å²) in [5.41, 5.74) is 0.755. The molecule has 2 aromatic rings. The predicted octanol–water partition coefficient (Wildman–Crippen LogP) is 5.81. The molecular weight excluding hydrogens is 487 g/mol. The van der Waals surface area contributed by atoms with Gasteiger partial charge in [0.25, 0.3) is 5.91 Å². The van der Waals surface area contributed by atoms with Crippen LogP contribution in [0, 0.1) is 5.92 Å². The predicted molar refractivity (Wildman–Crippen MR) is 111 cm³/mol. The Labute approximate surface area is 189 Å². The lowest BCUT2D eigenvalue weighted by atomic mass is 10.1. The van der Waals surface area contributed by atoms with E-state index in [9.17, 15) is 22.8 Å². The first-order chi connectivity index (χ1) is 13.9. The van der Waals surface area contributed by atoms with Crippen molar-refractivity contribution in [2.75, 3.05) is 11.9 Å². The number of rotatable bonds is 5. The van der Waals surface area contributed by atoms with E-state index >= 15 is 0 Å². The summed E-state index contributed by atoms with van der Waals surface area (Å²) in [6.45, 7) is -1.46. The number of halogens is 7. The summed E-state index contributed by atoms with van der Waals surface area (Å²) < 4.78 is 35.4. The number of hydrogen-bond acceptors (Lipinski definition) is 2. The Bertz CT molecular complexity index is 978. The number of amides is 2. The van der Waals surface area contributed by atoms with Crippen LogP contribution in [-0.4, -0.2) is 28.9 Å². The van der Waals surface area contributed by atoms with Gasteiger partial charge in [-0.3, -0.25) is 9.59 Å². The molecule has 0 bridgehead atoms. The van der Waals surface area contributed by atoms with Crippen molar-refractivity contribution in [2.45, 2.75) is 16.4 Å². The zero-order valence-corrected chi connectivity index (χ0v) is 17.9. The van der Waals surface area contributed by atoms with Gasteiger partial charge in [-0.05, 0) is 42.0 Å². The van der Waals surface area contributed by atoms with E-state index in [0.29, 0.717) is 15.6 Å². The third kappa shape index (κ3) is 5.32. The standard InChI is InChI=1S/C19H13Cl4F3N2O2/c20-11-4-10(5-12(21)7-11)14-15(19(14,22)23)17(30)28-13-3-1-2-9(6-13)16(29)27-8-18(24,25)26/h1-7,14-15H,8H2,(H,27,29)(H,28,30)/t14-,15+/m0/s1. The maximum Gasteiger partial charge on any atom is 0.405 e. The molecule has 0 saturated heterocycles. The Morgan fingerprint density at radius 2 is 1.67 bits per heavy atom. The fourth-order valence-corrected chi connectivity index (χ4v) is 4.43. The summed E-state index contributed by atoms with van der Waals surface area (Å²) in [5.74, 6) is -2.83. The summed E-state index contributed by atoms with van der Waals surface area (Å²) in [7, 11) is 0. The molecule has 0 aromatic heterocycles. The fourth-order valence-electron chi connectivity index (χ4n) is 3.06. The highest BCUT2D eigenvalue weighted by Gasteiger charge is 2.67. The third-order valence-electron chi connectivity index (χ3n) is 4.42. The average Bonchev–Trinajstić information content (AvgIpc) is 3.21. The first-order valence-corrected chi connectivity index (χ1v) is 9.99. The molecular formula is C19H13Cl4F3N2O2. The van der Waals surface area contributed by atoms with E-state index in [-0.39, 0.29) is 11.3 Å². The van der Waals surface area contributed by atoms with E-state index in [1.165, 1.54) is 30.3 Å². The number of benzene rings is 2. The van der Waals surface area contributed by atoms with Crippen molar-refractivity contribution in [1.82, 2.24) is 5.32 Å². The van der Waals surface area contributed by atoms with Gasteiger partial charge >= 0.3 is 6.18 Å². The molecule has 11 heteroatoms. The minimum atomic E-state index is -4.53. The number of hydrogen-bond donors (Lipinski definition) is 2. The Morgan fingerprint density at radius 3 is 2.27 bits per heavy atom. The largest absolute Gasteiger partial charge is 0.405 e. The van der Waals surface area contributed by atoms with Crippen molar-refractivity contribution in [3.05, 3.63) is 63.6 Å². The molecule has 0 heterocycles. The first kappa shape index (κ1) is 23.0. The molecule has 1 aliphatic carbocycles. The number of nitrogens with one attached hydrogen (secondary N) is 2. The lowest BCUT2D eigenvalue weighted by Crippen LogP contribution is -2.33. The molecule has 30 heavy (non-hydrogen) atoms. The Morgan fingerprint density at radius 1 is 1.03 bits per heavy atom. The van der Waals surface area contributed by atoms with Crippen molar-refractivity contribution in [3.63, 3.8) is 0 Å². The average molecular weight is 500 g/mol. The van der Waals surface area contributed by atoms with Gasteiger partial charge in [0.15, 0.2) is 0 Å². The van der Waals surface area contributed by atoms with Crippen molar-refractivity contribution >= 4 is 63.9 Å². The van der Waals surface area contributed by atoms with Gasteiger partial charge in [-0.2, -0.15) is 13.2 Å². The van der Waals surface area contributed by atoms with Gasteiger partial charge in [0.1, 0.15) is 10.9 Å². The minimum absolute atomic E-state index is 0.0472. The first-order valence-electron chi connectivity index (χ1n) is 8.48. The van der Waals surface area contributed by atoms with Crippen molar-refractivity contribution < 1.29 is 22.8 Å². The monoisotopic (exact) mass is 498 g/mol. The zero-order valence-electron chi connectivity index (χ0n) is 14.9. The summed E-state index contributed by atoms with van der Waals surface area (Å²) >= 11 is 24.6. The fraction of sp³-hybridized carbons (Fsp3) is 0.263. The molecule has 2 N–H and O–H groups in total. The van der Waals surface area contributed by atoms with Crippen molar-refractivity contribution in [1.29, 1.82) is 0 Å². The molecule has 0 unspecified atom stereocenters. The number of carbonyl (C=O) groups excluding carboxylic acids is 2. The van der Waals surface area contributed by atoms with Crippen LogP contribution in [0.25, 0.3) is 0 Å². The molecule has 0 radical (unpaired) electrons. The van der Waals surface area contributed by atoms with E-state index in [1.54, 1.807) is 17.4 Å². The van der Waals surface area contributed by atoms with Crippen LogP contribution in [0.2, 0.25) is 10.0 Å². The summed E-state index contributed by atoms with van der Waals surface area (Å²) in [6, 6.07) is 10.2. The van der Waals surface area contributed by atoms with Crippen LogP contribution in [0.5, 0.6) is 0 Å². The highest BCUT2D eigenvalue weighted by atomic mass is 35.5. The molecule has 0 spiro atoms. The lowest BCUT2D eigenvalue weighted by molar-refractivity contribution is -0.123. The molecule has 0 aliphatic heterocycles. The molecule has 4 nitrogen and oxygen atoms in total. The van der Waals surface area contributed by atoms with Crippen LogP contribution in [-0.2, 0) is 4.79 Å². The van der Waals surface area contributed by atoms with Crippen LogP contribution < -0.4 is 10.6 Å². The summed E-state index contributed by atoms with van der Waals surface area (Å²) in [5, 5.41) is 5.07. The van der Waals surface area contributed by atoms with Crippen LogP contribution in [0.3, 0.4) is 0 Å². The van der Waals surface area contributed by atoms with Crippen molar-refractivity contribution in [3.8, 4) is 0 Å². The van der Waals surface area contributed by atoms with Gasteiger partial charge in [-0.15, -0.1) is 23.2 Å². The Kier molecular flexibility index (Phi) is 6.49. The van der Waals surface area contributed by atoms with Crippen LogP contribution in [0.1, 0.15) is 21.8 Å². The second-order valence-electron chi connectivity index (χ2n) is 6.70. The van der Waals surface area contributed by atoms with Gasteiger partial charge in [0.2, 0.25) is 5.91 Å². The number of carbonyl (C=O) groups is 2. The third-order valence-corrected chi connectivity index (χ3v) is 5.80. The minimum Gasteiger partial charge on any atom is -0.343 e. The topological polar surface area (TPSA) is 58.2 Å². The van der Waals surface area contributed by atoms with Gasteiger partial charge in [-0.1, -0.05) is 29.3 Å². The number of anilines is 1. The second-order valence-corrected chi connectivity index (χ2v) is 9.02. The van der Waals surface area contributed by atoms with Gasteiger partial charge in [0.05, 0.1) is 5.92 Å². The van der Waals surface area contributed by atoms with Crippen LogP contribution >= 0.6 is 46.4 Å². The quantitative estimate of drug-likeness (QED) is 0.510. The molecule has 2 amide bonds. The number of alkyl halides is 5. The van der Waals surface area contributed by atoms with E-state index in [1.807, 2.05) is 0 Å². The zero-order chi connectivity index (χ0) is 22.3. The Hall–Kier alpha value is -1.67. The van der Waals surface area contributed by atoms with Crippen molar-refractivity contribution in [2.24, 2.45) is 5.92 Å². The highest BCUT2D eigenvalue weighted by molar-refractivity contribution is 6.53. The summed E-state index contributed by atoms with van der Waals surface area (Å²) in [6.07, 6.45) is -4.53. The lowest BCUT2D eigenvalue weighted by Gasteiger charge is -2.10. The van der Waals surface area contributed by atoms with Gasteiger partial charge in [0, 0.05) is 27.2 Å². The molecule has 2 atom stereocenters. The summed E-state index contributed by atoms with van der Waals surface area (Å²) in [4.78, 5) is 24.6. The smallest absolute Gasteiger partial charge is 0.343 e. The van der Waals surface area contributed by atoms with E-state index in [2.05, 4.69) is 5.32 Å². The molecule has 1 saturated carbocycles. The highest BCUT2D eigenvalue weighted by Crippen LogP contribution is 2.65. The van der Waals surface area contributed by atoms with Crippen LogP contribution in [0.4, 0.5) is 18.9 Å². The molecule has 3 rings (SSSR count). The molecule has 1 aliphatic rings. The maximum atomic E-state index is 12.7. The van der Waals surface area contributed by atoms with Gasteiger partial charge in [-0.25, -0.2) is 0 Å². The van der Waals surface area contributed by atoms with E-state index < -0.39 is 40.7 Å². The second kappa shape index (κ2) is 8.46.